The van der Waals surface area contributed by atoms with Crippen LogP contribution >= 0.6 is 11.6 Å². The van der Waals surface area contributed by atoms with Crippen molar-refractivity contribution < 1.29 is 22.8 Å². The Kier molecular flexibility index (Phi) is 7.58. The Bertz CT molecular complexity index is 1230. The number of sulfonamides is 1. The highest BCUT2D eigenvalue weighted by Gasteiger charge is 2.31. The van der Waals surface area contributed by atoms with E-state index in [0.717, 1.165) is 29.7 Å². The topological polar surface area (TPSA) is 128 Å². The van der Waals surface area contributed by atoms with Gasteiger partial charge in [-0.05, 0) is 60.7 Å². The van der Waals surface area contributed by atoms with Crippen molar-refractivity contribution in [3.63, 3.8) is 0 Å². The summed E-state index contributed by atoms with van der Waals surface area (Å²) in [4.78, 5) is 38.0. The molecule has 0 unspecified atom stereocenters. The molecule has 0 bridgehead atoms. The Morgan fingerprint density at radius 3 is 2.43 bits per heavy atom. The zero-order chi connectivity index (χ0) is 25.0. The summed E-state index contributed by atoms with van der Waals surface area (Å²) in [5, 5.41) is 4.91. The van der Waals surface area contributed by atoms with Crippen molar-refractivity contribution >= 4 is 39.6 Å². The molecular formula is C23H26ClN5O5S. The summed E-state index contributed by atoms with van der Waals surface area (Å²) in [5.41, 5.74) is 4.50. The summed E-state index contributed by atoms with van der Waals surface area (Å²) in [6.07, 6.45) is 3.42. The lowest BCUT2D eigenvalue weighted by atomic mass is 10.1. The minimum Gasteiger partial charge on any atom is -0.337 e. The number of urea groups is 2. The molecule has 2 aliphatic heterocycles. The molecule has 4 rings (SSSR count). The molecular weight excluding hydrogens is 494 g/mol. The standard InChI is InChI=1S/C23H26ClN5O5S/c24-18-6-9-20-17(14-18)15-29(21(20)30)23(32)25-11-10-16-4-7-19(8-5-16)35(33,34)27-22(31)26-28-12-2-1-3-13-28/h4-9,14H,1-3,10-13,15H2,(H,25,32)(H2,26,27,31). The largest absolute Gasteiger partial charge is 0.343 e. The third-order valence-corrected chi connectivity index (χ3v) is 7.46. The third kappa shape index (κ3) is 6.11. The van der Waals surface area contributed by atoms with Crippen LogP contribution in [-0.2, 0) is 23.0 Å². The van der Waals surface area contributed by atoms with Crippen LogP contribution in [0.3, 0.4) is 0 Å². The molecule has 0 atom stereocenters. The average Bonchev–Trinajstić information content (AvgIpc) is 3.15. The number of fused-ring (bicyclic) bond motifs is 1. The summed E-state index contributed by atoms with van der Waals surface area (Å²) < 4.78 is 27.0. The van der Waals surface area contributed by atoms with Crippen molar-refractivity contribution in [2.75, 3.05) is 19.6 Å². The number of nitrogens with zero attached hydrogens (tertiary/aromatic N) is 2. The van der Waals surface area contributed by atoms with Gasteiger partial charge in [-0.25, -0.2) is 27.7 Å². The number of hydrogen-bond donors (Lipinski definition) is 3. The van der Waals surface area contributed by atoms with Crippen molar-refractivity contribution in [2.24, 2.45) is 0 Å². The maximum Gasteiger partial charge on any atom is 0.343 e. The van der Waals surface area contributed by atoms with Gasteiger partial charge in [-0.15, -0.1) is 0 Å². The maximum atomic E-state index is 12.5. The summed E-state index contributed by atoms with van der Waals surface area (Å²) in [6.45, 7) is 1.78. The molecule has 2 aromatic rings. The number of carbonyl (C=O) groups is 3. The lowest BCUT2D eigenvalue weighted by Crippen LogP contribution is -2.50. The van der Waals surface area contributed by atoms with E-state index < -0.39 is 22.1 Å². The number of piperidine rings is 1. The third-order valence-electron chi connectivity index (χ3n) is 5.88. The number of amides is 5. The van der Waals surface area contributed by atoms with Crippen molar-refractivity contribution in [3.05, 3.63) is 64.2 Å². The monoisotopic (exact) mass is 519 g/mol. The van der Waals surface area contributed by atoms with E-state index in [9.17, 15) is 22.8 Å². The molecule has 10 nitrogen and oxygen atoms in total. The second-order valence-electron chi connectivity index (χ2n) is 8.41. The van der Waals surface area contributed by atoms with Crippen molar-refractivity contribution in [2.45, 2.75) is 37.1 Å². The molecule has 35 heavy (non-hydrogen) atoms. The number of hydrazine groups is 1. The van der Waals surface area contributed by atoms with Crippen LogP contribution in [-0.4, -0.2) is 55.9 Å². The van der Waals surface area contributed by atoms with Crippen LogP contribution < -0.4 is 15.5 Å². The first-order chi connectivity index (χ1) is 16.7. The molecule has 0 spiro atoms. The molecule has 2 aliphatic rings. The molecule has 12 heteroatoms. The van der Waals surface area contributed by atoms with E-state index in [1.165, 1.54) is 12.1 Å². The van der Waals surface area contributed by atoms with E-state index in [1.807, 2.05) is 4.72 Å². The van der Waals surface area contributed by atoms with Crippen LogP contribution in [0.1, 0.15) is 40.7 Å². The number of hydrogen-bond acceptors (Lipinski definition) is 6. The van der Waals surface area contributed by atoms with Gasteiger partial charge in [0.15, 0.2) is 0 Å². The predicted molar refractivity (Wildman–Crippen MR) is 129 cm³/mol. The number of benzene rings is 2. The minimum absolute atomic E-state index is 0.0434. The molecule has 1 fully saturated rings. The van der Waals surface area contributed by atoms with E-state index >= 15 is 0 Å². The van der Waals surface area contributed by atoms with Crippen LogP contribution in [0.15, 0.2) is 47.4 Å². The van der Waals surface area contributed by atoms with Crippen LogP contribution in [0.2, 0.25) is 5.02 Å². The van der Waals surface area contributed by atoms with Gasteiger partial charge in [0.1, 0.15) is 0 Å². The fourth-order valence-corrected chi connectivity index (χ4v) is 5.15. The molecule has 2 heterocycles. The lowest BCUT2D eigenvalue weighted by Gasteiger charge is -2.26. The Morgan fingerprint density at radius 1 is 1.00 bits per heavy atom. The van der Waals surface area contributed by atoms with E-state index in [1.54, 1.807) is 35.3 Å². The highest BCUT2D eigenvalue weighted by molar-refractivity contribution is 7.90. The van der Waals surface area contributed by atoms with Gasteiger partial charge in [-0.1, -0.05) is 30.2 Å². The minimum atomic E-state index is -4.02. The van der Waals surface area contributed by atoms with E-state index in [-0.39, 0.29) is 23.9 Å². The number of carbonyl (C=O) groups excluding carboxylic acids is 3. The molecule has 0 radical (unpaired) electrons. The smallest absolute Gasteiger partial charge is 0.337 e. The van der Waals surface area contributed by atoms with Gasteiger partial charge in [0.25, 0.3) is 15.9 Å². The molecule has 3 N–H and O–H groups in total. The number of imide groups is 1. The average molecular weight is 520 g/mol. The van der Waals surface area contributed by atoms with Crippen molar-refractivity contribution in [1.82, 2.24) is 25.4 Å². The van der Waals surface area contributed by atoms with Crippen LogP contribution in [0.25, 0.3) is 0 Å². The second-order valence-corrected chi connectivity index (χ2v) is 10.5. The Balaban J connectivity index is 1.25. The summed E-state index contributed by atoms with van der Waals surface area (Å²) >= 11 is 5.96. The second kappa shape index (κ2) is 10.6. The quantitative estimate of drug-likeness (QED) is 0.538. The van der Waals surface area contributed by atoms with Gasteiger partial charge in [-0.2, -0.15) is 0 Å². The lowest BCUT2D eigenvalue weighted by molar-refractivity contribution is 0.0821. The SMILES string of the molecule is O=C(NN1CCCCC1)NS(=O)(=O)c1ccc(CCNC(=O)N2Cc3cc(Cl)ccc3C2=O)cc1. The first kappa shape index (κ1) is 25.0. The van der Waals surface area contributed by atoms with Crippen LogP contribution in [0, 0.1) is 0 Å². The van der Waals surface area contributed by atoms with E-state index in [4.69, 9.17) is 11.6 Å². The Hall–Kier alpha value is -3.15. The van der Waals surface area contributed by atoms with Gasteiger partial charge >= 0.3 is 12.1 Å². The highest BCUT2D eigenvalue weighted by atomic mass is 35.5. The van der Waals surface area contributed by atoms with E-state index in [2.05, 4.69) is 10.7 Å². The summed E-state index contributed by atoms with van der Waals surface area (Å²) in [6, 6.07) is 9.62. The molecule has 5 amide bonds. The normalized spacial score (nSPS) is 16.0. The van der Waals surface area contributed by atoms with E-state index in [0.29, 0.717) is 35.7 Å². The van der Waals surface area contributed by atoms with Gasteiger partial charge in [-0.3, -0.25) is 15.1 Å². The number of halogens is 1. The molecule has 0 saturated carbocycles. The highest BCUT2D eigenvalue weighted by Crippen LogP contribution is 2.25. The maximum absolute atomic E-state index is 12.5. The fourth-order valence-electron chi connectivity index (χ4n) is 4.05. The van der Waals surface area contributed by atoms with Crippen molar-refractivity contribution in [3.8, 4) is 0 Å². The van der Waals surface area contributed by atoms with Gasteiger partial charge in [0.05, 0.1) is 11.4 Å². The van der Waals surface area contributed by atoms with Gasteiger partial charge < -0.3 is 5.32 Å². The molecule has 1 saturated heterocycles. The Morgan fingerprint density at radius 2 is 1.71 bits per heavy atom. The number of rotatable bonds is 6. The summed E-state index contributed by atoms with van der Waals surface area (Å²) in [5.74, 6) is -0.374. The summed E-state index contributed by atoms with van der Waals surface area (Å²) in [7, 11) is -4.02. The molecule has 0 aliphatic carbocycles. The first-order valence-corrected chi connectivity index (χ1v) is 13.1. The van der Waals surface area contributed by atoms with Crippen LogP contribution in [0.4, 0.5) is 9.59 Å². The molecule has 2 aromatic carbocycles. The zero-order valence-electron chi connectivity index (χ0n) is 18.9. The molecule has 186 valence electrons. The van der Waals surface area contributed by atoms with Gasteiger partial charge in [0, 0.05) is 30.2 Å². The zero-order valence-corrected chi connectivity index (χ0v) is 20.5. The predicted octanol–water partition coefficient (Wildman–Crippen LogP) is 2.64. The Labute approximate surface area is 208 Å². The molecule has 0 aromatic heterocycles. The number of nitrogens with one attached hydrogen (secondary N) is 3. The van der Waals surface area contributed by atoms with Crippen LogP contribution in [0.5, 0.6) is 0 Å². The van der Waals surface area contributed by atoms with Gasteiger partial charge in [0.2, 0.25) is 0 Å². The first-order valence-electron chi connectivity index (χ1n) is 11.3. The van der Waals surface area contributed by atoms with Crippen molar-refractivity contribution in [1.29, 1.82) is 0 Å². The fraction of sp³-hybridized carbons (Fsp3) is 0.348.